The molecule has 0 amide bonds. The Balaban J connectivity index is 1.63. The zero-order chi connectivity index (χ0) is 16.5. The average molecular weight is 324 g/mol. The molecule has 2 aliphatic rings. The topological polar surface area (TPSA) is 42.9 Å². The van der Waals surface area contributed by atoms with Crippen molar-refractivity contribution in [3.63, 3.8) is 0 Å². The largest absolute Gasteiger partial charge is 0.356 e. The van der Waals surface area contributed by atoms with Gasteiger partial charge in [-0.2, -0.15) is 0 Å². The summed E-state index contributed by atoms with van der Waals surface area (Å²) in [5.41, 5.74) is 0. The molecule has 0 saturated carbocycles. The molecule has 23 heavy (non-hydrogen) atoms. The summed E-state index contributed by atoms with van der Waals surface area (Å²) in [6.45, 7) is 12.7. The summed E-state index contributed by atoms with van der Waals surface area (Å²) in [7, 11) is 1.87. The molecule has 2 atom stereocenters. The van der Waals surface area contributed by atoms with Crippen molar-refractivity contribution in [2.75, 3.05) is 52.9 Å². The number of hydrogen-bond donors (Lipinski definition) is 2. The van der Waals surface area contributed by atoms with Crippen LogP contribution in [0.4, 0.5) is 0 Å². The van der Waals surface area contributed by atoms with Crippen molar-refractivity contribution in [3.8, 4) is 0 Å². The Morgan fingerprint density at radius 1 is 1.13 bits per heavy atom. The van der Waals surface area contributed by atoms with Crippen molar-refractivity contribution in [1.29, 1.82) is 0 Å². The van der Waals surface area contributed by atoms with Gasteiger partial charge in [-0.05, 0) is 51.2 Å². The van der Waals surface area contributed by atoms with Crippen molar-refractivity contribution in [1.82, 2.24) is 20.4 Å². The van der Waals surface area contributed by atoms with Gasteiger partial charge in [0, 0.05) is 39.3 Å². The molecular formula is C18H37N5. The quantitative estimate of drug-likeness (QED) is 0.553. The van der Waals surface area contributed by atoms with Crippen LogP contribution in [0.1, 0.15) is 46.0 Å². The van der Waals surface area contributed by atoms with E-state index in [1.54, 1.807) is 0 Å². The van der Waals surface area contributed by atoms with Gasteiger partial charge in [0.05, 0.1) is 0 Å². The van der Waals surface area contributed by atoms with Crippen molar-refractivity contribution in [3.05, 3.63) is 0 Å². The molecule has 0 spiro atoms. The highest BCUT2D eigenvalue weighted by molar-refractivity contribution is 5.79. The van der Waals surface area contributed by atoms with Gasteiger partial charge in [0.2, 0.25) is 0 Å². The van der Waals surface area contributed by atoms with Crippen LogP contribution in [-0.4, -0.2) is 74.7 Å². The second-order valence-electron chi connectivity index (χ2n) is 7.02. The number of guanidine groups is 1. The molecule has 2 aliphatic heterocycles. The summed E-state index contributed by atoms with van der Waals surface area (Å²) < 4.78 is 0. The fourth-order valence-corrected chi connectivity index (χ4v) is 3.96. The van der Waals surface area contributed by atoms with Crippen LogP contribution in [0, 0.1) is 5.92 Å². The number of hydrogen-bond acceptors (Lipinski definition) is 3. The third-order valence-corrected chi connectivity index (χ3v) is 5.51. The standard InChI is InChI=1S/C18H37N5/c1-4-17-8-6-7-11-23(17)13-10-20-18(19-3)21-14-16-9-12-22(5-2)15-16/h16-17H,4-15H2,1-3H3,(H2,19,20,21). The number of likely N-dealkylation sites (tertiary alicyclic amines) is 2. The van der Waals surface area contributed by atoms with Gasteiger partial charge in [-0.15, -0.1) is 0 Å². The van der Waals surface area contributed by atoms with Gasteiger partial charge in [-0.1, -0.05) is 20.3 Å². The van der Waals surface area contributed by atoms with E-state index in [2.05, 4.69) is 39.3 Å². The van der Waals surface area contributed by atoms with Crippen LogP contribution in [0.2, 0.25) is 0 Å². The molecule has 0 aromatic rings. The van der Waals surface area contributed by atoms with Gasteiger partial charge < -0.3 is 15.5 Å². The lowest BCUT2D eigenvalue weighted by molar-refractivity contribution is 0.147. The Bertz CT molecular complexity index is 357. The van der Waals surface area contributed by atoms with Gasteiger partial charge in [-0.25, -0.2) is 0 Å². The lowest BCUT2D eigenvalue weighted by atomic mass is 10.0. The monoisotopic (exact) mass is 323 g/mol. The van der Waals surface area contributed by atoms with E-state index in [-0.39, 0.29) is 0 Å². The van der Waals surface area contributed by atoms with Gasteiger partial charge >= 0.3 is 0 Å². The second-order valence-corrected chi connectivity index (χ2v) is 7.02. The Kier molecular flexibility index (Phi) is 8.17. The SMILES string of the molecule is CCC1CCCCN1CCNC(=NC)NCC1CCN(CC)C1. The molecule has 0 aromatic carbocycles. The Morgan fingerprint density at radius 2 is 2.00 bits per heavy atom. The molecule has 2 saturated heterocycles. The van der Waals surface area contributed by atoms with Crippen molar-refractivity contribution in [2.45, 2.75) is 52.0 Å². The summed E-state index contributed by atoms with van der Waals surface area (Å²) in [6, 6.07) is 0.791. The summed E-state index contributed by atoms with van der Waals surface area (Å²) in [6.07, 6.45) is 6.73. The molecule has 5 heteroatoms. The molecule has 2 rings (SSSR count). The number of aliphatic imine (C=N–C) groups is 1. The summed E-state index contributed by atoms with van der Waals surface area (Å²) in [5.74, 6) is 1.73. The number of piperidine rings is 1. The van der Waals surface area contributed by atoms with E-state index in [9.17, 15) is 0 Å². The molecule has 0 radical (unpaired) electrons. The molecule has 0 bridgehead atoms. The van der Waals surface area contributed by atoms with Gasteiger partial charge in [0.1, 0.15) is 0 Å². The lowest BCUT2D eigenvalue weighted by Crippen LogP contribution is -2.46. The minimum Gasteiger partial charge on any atom is -0.356 e. The maximum atomic E-state index is 4.37. The fraction of sp³-hybridized carbons (Fsp3) is 0.944. The van der Waals surface area contributed by atoms with E-state index in [4.69, 9.17) is 0 Å². The first-order chi connectivity index (χ1) is 11.3. The molecule has 2 unspecified atom stereocenters. The summed E-state index contributed by atoms with van der Waals surface area (Å²) >= 11 is 0. The highest BCUT2D eigenvalue weighted by Crippen LogP contribution is 2.18. The van der Waals surface area contributed by atoms with E-state index in [1.165, 1.54) is 58.3 Å². The first-order valence-corrected chi connectivity index (χ1v) is 9.67. The first kappa shape index (κ1) is 18.5. The lowest BCUT2D eigenvalue weighted by Gasteiger charge is -2.35. The fourth-order valence-electron chi connectivity index (χ4n) is 3.96. The Hall–Kier alpha value is -0.810. The summed E-state index contributed by atoms with van der Waals surface area (Å²) in [4.78, 5) is 9.56. The van der Waals surface area contributed by atoms with Gasteiger partial charge in [-0.3, -0.25) is 9.89 Å². The van der Waals surface area contributed by atoms with Gasteiger partial charge in [0.15, 0.2) is 5.96 Å². The van der Waals surface area contributed by atoms with Crippen molar-refractivity contribution < 1.29 is 0 Å². The number of nitrogens with zero attached hydrogens (tertiary/aromatic N) is 3. The predicted molar refractivity (Wildman–Crippen MR) is 99.1 cm³/mol. The Labute approximate surface area is 142 Å². The molecule has 2 heterocycles. The van der Waals surface area contributed by atoms with E-state index < -0.39 is 0 Å². The average Bonchev–Trinajstić information content (AvgIpc) is 3.06. The molecular weight excluding hydrogens is 286 g/mol. The van der Waals surface area contributed by atoms with E-state index >= 15 is 0 Å². The number of nitrogens with one attached hydrogen (secondary N) is 2. The van der Waals surface area contributed by atoms with Crippen LogP contribution >= 0.6 is 0 Å². The third-order valence-electron chi connectivity index (χ3n) is 5.51. The predicted octanol–water partition coefficient (Wildman–Crippen LogP) is 1.76. The highest BCUT2D eigenvalue weighted by atomic mass is 15.2. The smallest absolute Gasteiger partial charge is 0.191 e. The zero-order valence-electron chi connectivity index (χ0n) is 15.5. The molecule has 5 nitrogen and oxygen atoms in total. The van der Waals surface area contributed by atoms with Crippen LogP contribution < -0.4 is 10.6 Å². The second kappa shape index (κ2) is 10.1. The Morgan fingerprint density at radius 3 is 2.70 bits per heavy atom. The van der Waals surface area contributed by atoms with Crippen LogP contribution in [0.25, 0.3) is 0 Å². The third kappa shape index (κ3) is 5.96. The maximum Gasteiger partial charge on any atom is 0.191 e. The van der Waals surface area contributed by atoms with Gasteiger partial charge in [0.25, 0.3) is 0 Å². The van der Waals surface area contributed by atoms with Crippen molar-refractivity contribution in [2.24, 2.45) is 10.9 Å². The van der Waals surface area contributed by atoms with Crippen molar-refractivity contribution >= 4 is 5.96 Å². The normalized spacial score (nSPS) is 27.3. The van der Waals surface area contributed by atoms with Crippen LogP contribution in [0.5, 0.6) is 0 Å². The van der Waals surface area contributed by atoms with Crippen LogP contribution in [0.3, 0.4) is 0 Å². The number of rotatable bonds is 7. The van der Waals surface area contributed by atoms with E-state index in [0.29, 0.717) is 0 Å². The first-order valence-electron chi connectivity index (χ1n) is 9.67. The molecule has 2 fully saturated rings. The minimum atomic E-state index is 0.764. The van der Waals surface area contributed by atoms with E-state index in [0.717, 1.165) is 37.6 Å². The molecule has 0 aliphatic carbocycles. The maximum absolute atomic E-state index is 4.37. The molecule has 134 valence electrons. The minimum absolute atomic E-state index is 0.764. The van der Waals surface area contributed by atoms with Crippen LogP contribution in [0.15, 0.2) is 4.99 Å². The molecule has 2 N–H and O–H groups in total. The highest BCUT2D eigenvalue weighted by Gasteiger charge is 2.22. The van der Waals surface area contributed by atoms with Crippen LogP contribution in [-0.2, 0) is 0 Å². The van der Waals surface area contributed by atoms with E-state index in [1.807, 2.05) is 7.05 Å². The summed E-state index contributed by atoms with van der Waals surface area (Å²) in [5, 5.41) is 7.01. The molecule has 0 aromatic heterocycles. The zero-order valence-corrected chi connectivity index (χ0v) is 15.5.